The van der Waals surface area contributed by atoms with Gasteiger partial charge in [-0.15, -0.1) is 0 Å². The molecule has 0 saturated carbocycles. The van der Waals surface area contributed by atoms with E-state index in [1.54, 1.807) is 20.8 Å². The summed E-state index contributed by atoms with van der Waals surface area (Å²) < 4.78 is 46.4. The number of amides is 1. The Kier molecular flexibility index (Phi) is 4.41. The average Bonchev–Trinajstić information content (AvgIpc) is 2.95. The highest BCUT2D eigenvalue weighted by Crippen LogP contribution is 2.33. The van der Waals surface area contributed by atoms with Crippen molar-refractivity contribution in [1.82, 2.24) is 19.4 Å². The molecule has 0 fully saturated rings. The largest absolute Gasteiger partial charge is 0.444 e. The topological polar surface area (TPSA) is 60.2 Å². The minimum absolute atomic E-state index is 0.0699. The maximum Gasteiger partial charge on any atom is 0.435 e. The van der Waals surface area contributed by atoms with Gasteiger partial charge in [0.2, 0.25) is 0 Å². The normalized spacial score (nSPS) is 14.9. The molecule has 3 rings (SSSR count). The number of hydrogen-bond acceptors (Lipinski definition) is 4. The van der Waals surface area contributed by atoms with Crippen molar-refractivity contribution in [1.29, 1.82) is 0 Å². The number of rotatable bonds is 1. The zero-order chi connectivity index (χ0) is 19.1. The van der Waals surface area contributed by atoms with Crippen LogP contribution in [0.15, 0.2) is 24.7 Å². The molecule has 26 heavy (non-hydrogen) atoms. The molecule has 0 bridgehead atoms. The third-order valence-corrected chi connectivity index (χ3v) is 3.88. The highest BCUT2D eigenvalue weighted by Gasteiger charge is 2.37. The van der Waals surface area contributed by atoms with Crippen LogP contribution in [0, 0.1) is 0 Å². The van der Waals surface area contributed by atoms with Crippen molar-refractivity contribution in [2.75, 3.05) is 6.54 Å². The molecule has 1 aliphatic heterocycles. The minimum atomic E-state index is -4.56. The van der Waals surface area contributed by atoms with Crippen molar-refractivity contribution < 1.29 is 22.7 Å². The summed E-state index contributed by atoms with van der Waals surface area (Å²) in [6, 6.07) is 2.81. The van der Waals surface area contributed by atoms with Gasteiger partial charge in [-0.05, 0) is 32.9 Å². The Morgan fingerprint density at radius 2 is 1.96 bits per heavy atom. The lowest BCUT2D eigenvalue weighted by Crippen LogP contribution is -2.40. The molecule has 1 amide bonds. The number of ether oxygens (including phenoxy) is 1. The van der Waals surface area contributed by atoms with Crippen molar-refractivity contribution in [2.45, 2.75) is 45.5 Å². The fourth-order valence-electron chi connectivity index (χ4n) is 2.81. The maximum atomic E-state index is 13.2. The van der Waals surface area contributed by atoms with Crippen LogP contribution in [0.3, 0.4) is 0 Å². The predicted octanol–water partition coefficient (Wildman–Crippen LogP) is 3.58. The average molecular weight is 368 g/mol. The van der Waals surface area contributed by atoms with E-state index in [0.717, 1.165) is 6.20 Å². The van der Waals surface area contributed by atoms with Gasteiger partial charge in [-0.25, -0.2) is 14.8 Å². The Hall–Kier alpha value is -2.58. The molecule has 140 valence electrons. The third-order valence-electron chi connectivity index (χ3n) is 3.88. The lowest BCUT2D eigenvalue weighted by atomic mass is 10.1. The van der Waals surface area contributed by atoms with Gasteiger partial charge in [-0.1, -0.05) is 0 Å². The Balaban J connectivity index is 1.89. The first-order valence-electron chi connectivity index (χ1n) is 8.12. The van der Waals surface area contributed by atoms with E-state index in [4.69, 9.17) is 4.74 Å². The molecule has 0 unspecified atom stereocenters. The zero-order valence-corrected chi connectivity index (χ0v) is 14.7. The molecular weight excluding hydrogens is 349 g/mol. The minimum Gasteiger partial charge on any atom is -0.444 e. The molecule has 2 aromatic heterocycles. The van der Waals surface area contributed by atoms with E-state index in [1.165, 1.54) is 27.9 Å². The Labute approximate surface area is 148 Å². The molecule has 6 nitrogen and oxygen atoms in total. The molecule has 0 aromatic carbocycles. The van der Waals surface area contributed by atoms with Crippen LogP contribution in [0.5, 0.6) is 0 Å². The van der Waals surface area contributed by atoms with E-state index in [0.29, 0.717) is 24.4 Å². The van der Waals surface area contributed by atoms with Gasteiger partial charge in [0, 0.05) is 24.9 Å². The highest BCUT2D eigenvalue weighted by molar-refractivity contribution is 5.68. The zero-order valence-electron chi connectivity index (χ0n) is 14.7. The molecule has 3 heterocycles. The second-order valence-electron chi connectivity index (χ2n) is 7.03. The van der Waals surface area contributed by atoms with E-state index in [2.05, 4.69) is 9.97 Å². The van der Waals surface area contributed by atoms with Crippen molar-refractivity contribution in [3.63, 3.8) is 0 Å². The van der Waals surface area contributed by atoms with Crippen LogP contribution in [0.4, 0.5) is 18.0 Å². The number of fused-ring (bicyclic) bond motifs is 1. The van der Waals surface area contributed by atoms with E-state index in [9.17, 15) is 18.0 Å². The summed E-state index contributed by atoms with van der Waals surface area (Å²) in [7, 11) is 0. The van der Waals surface area contributed by atoms with Gasteiger partial charge in [0.1, 0.15) is 5.60 Å². The Morgan fingerprint density at radius 3 is 2.62 bits per heavy atom. The number of pyridine rings is 1. The maximum absolute atomic E-state index is 13.2. The molecule has 0 atom stereocenters. The van der Waals surface area contributed by atoms with E-state index >= 15 is 0 Å². The number of hydrogen-bond donors (Lipinski definition) is 0. The Morgan fingerprint density at radius 1 is 1.23 bits per heavy atom. The monoisotopic (exact) mass is 368 g/mol. The number of aromatic nitrogens is 3. The summed E-state index contributed by atoms with van der Waals surface area (Å²) in [5.74, 6) is 0. The van der Waals surface area contributed by atoms with Crippen LogP contribution in [-0.2, 0) is 23.9 Å². The summed E-state index contributed by atoms with van der Waals surface area (Å²) in [5, 5.41) is 0. The van der Waals surface area contributed by atoms with E-state index in [-0.39, 0.29) is 12.2 Å². The first-order chi connectivity index (χ1) is 12.1. The fraction of sp³-hybridized carbons (Fsp3) is 0.471. The van der Waals surface area contributed by atoms with Crippen LogP contribution in [-0.4, -0.2) is 37.7 Å². The second kappa shape index (κ2) is 6.30. The van der Waals surface area contributed by atoms with Gasteiger partial charge < -0.3 is 14.2 Å². The summed E-state index contributed by atoms with van der Waals surface area (Å²) in [6.45, 7) is 5.86. The molecule has 0 aliphatic carbocycles. The van der Waals surface area contributed by atoms with Crippen LogP contribution >= 0.6 is 0 Å². The predicted molar refractivity (Wildman–Crippen MR) is 86.7 cm³/mol. The van der Waals surface area contributed by atoms with Crippen LogP contribution in [0.1, 0.15) is 37.9 Å². The molecule has 1 aliphatic rings. The number of alkyl halides is 3. The highest BCUT2D eigenvalue weighted by atomic mass is 19.4. The Bertz CT molecular complexity index is 824. The van der Waals surface area contributed by atoms with Gasteiger partial charge in [0.25, 0.3) is 0 Å². The third kappa shape index (κ3) is 3.66. The molecular formula is C17H19F3N4O2. The van der Waals surface area contributed by atoms with Gasteiger partial charge in [0.15, 0.2) is 5.69 Å². The van der Waals surface area contributed by atoms with Gasteiger partial charge >= 0.3 is 12.3 Å². The van der Waals surface area contributed by atoms with Crippen LogP contribution in [0.25, 0.3) is 5.69 Å². The standard InChI is InChI=1S/C17H19F3N4O2/c1-16(2,3)26-15(25)23-8-6-12-11(9-23)22-10-24(12)13-5-4-7-21-14(13)17(18,19)20/h4-5,7,10H,6,8-9H2,1-3H3. The molecule has 0 saturated heterocycles. The van der Waals surface area contributed by atoms with Crippen molar-refractivity contribution in [2.24, 2.45) is 0 Å². The molecule has 2 aromatic rings. The van der Waals surface area contributed by atoms with Gasteiger partial charge in [0.05, 0.1) is 24.3 Å². The SMILES string of the molecule is CC(C)(C)OC(=O)N1CCc2c(ncn2-c2cccnc2C(F)(F)F)C1. The van der Waals surface area contributed by atoms with Gasteiger partial charge in [-0.2, -0.15) is 13.2 Å². The van der Waals surface area contributed by atoms with Crippen molar-refractivity contribution >= 4 is 6.09 Å². The molecule has 9 heteroatoms. The fourth-order valence-corrected chi connectivity index (χ4v) is 2.81. The quantitative estimate of drug-likeness (QED) is 0.772. The second-order valence-corrected chi connectivity index (χ2v) is 7.03. The van der Waals surface area contributed by atoms with Crippen LogP contribution < -0.4 is 0 Å². The summed E-state index contributed by atoms with van der Waals surface area (Å²) in [5.41, 5.74) is -0.453. The number of imidazole rings is 1. The van der Waals surface area contributed by atoms with E-state index in [1.807, 2.05) is 0 Å². The lowest BCUT2D eigenvalue weighted by Gasteiger charge is -2.30. The van der Waals surface area contributed by atoms with Crippen molar-refractivity contribution in [3.05, 3.63) is 41.7 Å². The number of carbonyl (C=O) groups excluding carboxylic acids is 1. The number of carbonyl (C=O) groups is 1. The van der Waals surface area contributed by atoms with Crippen LogP contribution in [0.2, 0.25) is 0 Å². The summed E-state index contributed by atoms with van der Waals surface area (Å²) in [6.07, 6.45) is -2.20. The number of halogens is 3. The van der Waals surface area contributed by atoms with Gasteiger partial charge in [-0.3, -0.25) is 0 Å². The molecule has 0 N–H and O–H groups in total. The summed E-state index contributed by atoms with van der Waals surface area (Å²) in [4.78, 5) is 21.4. The van der Waals surface area contributed by atoms with E-state index < -0.39 is 23.6 Å². The lowest BCUT2D eigenvalue weighted by molar-refractivity contribution is -0.141. The number of nitrogens with zero attached hydrogens (tertiary/aromatic N) is 4. The molecule has 0 spiro atoms. The van der Waals surface area contributed by atoms with Crippen molar-refractivity contribution in [3.8, 4) is 5.69 Å². The smallest absolute Gasteiger partial charge is 0.435 e. The summed E-state index contributed by atoms with van der Waals surface area (Å²) >= 11 is 0. The first-order valence-corrected chi connectivity index (χ1v) is 8.12. The molecule has 0 radical (unpaired) electrons. The first kappa shape index (κ1) is 18.2.